The van der Waals surface area contributed by atoms with Crippen molar-refractivity contribution in [3.63, 3.8) is 0 Å². The molecule has 7 nitrogen and oxygen atoms in total. The minimum absolute atomic E-state index is 0.111. The van der Waals surface area contributed by atoms with Gasteiger partial charge in [-0.2, -0.15) is 0 Å². The van der Waals surface area contributed by atoms with Gasteiger partial charge in [0.1, 0.15) is 0 Å². The number of nitrogens with one attached hydrogen (secondary N) is 2. The molecule has 0 fully saturated rings. The van der Waals surface area contributed by atoms with Crippen LogP contribution in [0, 0.1) is 13.8 Å². The van der Waals surface area contributed by atoms with Gasteiger partial charge < -0.3 is 0 Å². The maximum absolute atomic E-state index is 12.3. The average Bonchev–Trinajstić information content (AvgIpc) is 2.56. The van der Waals surface area contributed by atoms with Gasteiger partial charge in [-0.25, -0.2) is 26.3 Å². The molecule has 2 N–H and O–H groups in total. The molecular formula is C16H21N3O4S2. The third-order valence-corrected chi connectivity index (χ3v) is 6.44. The summed E-state index contributed by atoms with van der Waals surface area (Å²) in [5, 5.41) is 0. The van der Waals surface area contributed by atoms with Crippen molar-refractivity contribution in [2.75, 3.05) is 12.3 Å². The van der Waals surface area contributed by atoms with Gasteiger partial charge in [0.05, 0.1) is 10.6 Å². The van der Waals surface area contributed by atoms with Crippen LogP contribution in [0.15, 0.2) is 47.6 Å². The lowest BCUT2D eigenvalue weighted by molar-refractivity contribution is 0.574. The fourth-order valence-electron chi connectivity index (χ4n) is 2.15. The number of benzene rings is 1. The topological polar surface area (TPSA) is 105 Å². The zero-order valence-electron chi connectivity index (χ0n) is 14.1. The third kappa shape index (κ3) is 5.89. The molecule has 25 heavy (non-hydrogen) atoms. The molecule has 0 aliphatic heterocycles. The average molecular weight is 383 g/mol. The van der Waals surface area contributed by atoms with E-state index in [1.165, 1.54) is 0 Å². The molecule has 0 saturated carbocycles. The maximum Gasteiger partial charge on any atom is 0.240 e. The van der Waals surface area contributed by atoms with Gasteiger partial charge in [0.2, 0.25) is 20.0 Å². The maximum atomic E-state index is 12.3. The Morgan fingerprint density at radius 2 is 1.80 bits per heavy atom. The second-order valence-electron chi connectivity index (χ2n) is 5.67. The van der Waals surface area contributed by atoms with Crippen molar-refractivity contribution in [1.82, 2.24) is 14.4 Å². The Bertz CT molecular complexity index is 927. The Kier molecular flexibility index (Phi) is 6.28. The zero-order valence-corrected chi connectivity index (χ0v) is 15.7. The first-order chi connectivity index (χ1) is 11.7. The van der Waals surface area contributed by atoms with Crippen molar-refractivity contribution in [2.45, 2.75) is 25.3 Å². The summed E-state index contributed by atoms with van der Waals surface area (Å²) in [7, 11) is -7.36. The third-order valence-electron chi connectivity index (χ3n) is 3.52. The molecule has 0 saturated heterocycles. The summed E-state index contributed by atoms with van der Waals surface area (Å²) in [6.07, 6.45) is 3.16. The fourth-order valence-corrected chi connectivity index (χ4v) is 4.54. The van der Waals surface area contributed by atoms with E-state index < -0.39 is 20.0 Å². The van der Waals surface area contributed by atoms with E-state index in [-0.39, 0.29) is 23.7 Å². The molecule has 0 radical (unpaired) electrons. The Labute approximate surface area is 148 Å². The molecule has 2 aromatic rings. The lowest BCUT2D eigenvalue weighted by atomic mass is 10.2. The molecule has 1 aromatic heterocycles. The van der Waals surface area contributed by atoms with Gasteiger partial charge in [0.15, 0.2) is 0 Å². The molecule has 0 amide bonds. The second-order valence-corrected chi connectivity index (χ2v) is 9.33. The molecule has 0 spiro atoms. The minimum atomic E-state index is -3.76. The predicted octanol–water partition coefficient (Wildman–Crippen LogP) is 1.10. The summed E-state index contributed by atoms with van der Waals surface area (Å²) in [5.74, 6) is -0.350. The quantitative estimate of drug-likeness (QED) is 0.710. The number of nitrogens with zero attached hydrogens (tertiary/aromatic N) is 1. The monoisotopic (exact) mass is 383 g/mol. The standard InChI is InChI=1S/C16H21N3O4S2/c1-13-5-6-14(2)16(10-13)25(22,23)18-8-9-24(20,21)19-12-15-4-3-7-17-11-15/h3-7,10-11,18-19H,8-9,12H2,1-2H3. The van der Waals surface area contributed by atoms with E-state index in [0.717, 1.165) is 11.1 Å². The molecule has 0 unspecified atom stereocenters. The summed E-state index contributed by atoms with van der Waals surface area (Å²) < 4.78 is 53.4. The number of sulfonamides is 2. The Hall–Kier alpha value is -1.81. The summed E-state index contributed by atoms with van der Waals surface area (Å²) >= 11 is 0. The largest absolute Gasteiger partial charge is 0.264 e. The number of aryl methyl sites for hydroxylation is 2. The number of pyridine rings is 1. The van der Waals surface area contributed by atoms with Gasteiger partial charge in [-0.3, -0.25) is 4.98 Å². The Morgan fingerprint density at radius 3 is 2.48 bits per heavy atom. The first-order valence-electron chi connectivity index (χ1n) is 7.63. The van der Waals surface area contributed by atoms with Gasteiger partial charge >= 0.3 is 0 Å². The molecule has 1 aromatic carbocycles. The van der Waals surface area contributed by atoms with Crippen LogP contribution in [0.25, 0.3) is 0 Å². The lowest BCUT2D eigenvalue weighted by Gasteiger charge is -2.11. The van der Waals surface area contributed by atoms with E-state index in [1.54, 1.807) is 50.5 Å². The highest BCUT2D eigenvalue weighted by Crippen LogP contribution is 2.16. The molecule has 0 aliphatic rings. The fraction of sp³-hybridized carbons (Fsp3) is 0.312. The van der Waals surface area contributed by atoms with E-state index in [0.29, 0.717) is 5.56 Å². The Balaban J connectivity index is 1.93. The second kappa shape index (κ2) is 8.05. The number of hydrogen-bond acceptors (Lipinski definition) is 5. The highest BCUT2D eigenvalue weighted by molar-refractivity contribution is 7.90. The lowest BCUT2D eigenvalue weighted by Crippen LogP contribution is -2.34. The van der Waals surface area contributed by atoms with Crippen LogP contribution in [0.3, 0.4) is 0 Å². The van der Waals surface area contributed by atoms with E-state index in [9.17, 15) is 16.8 Å². The molecule has 136 valence electrons. The molecule has 0 atom stereocenters. The first-order valence-corrected chi connectivity index (χ1v) is 10.8. The predicted molar refractivity (Wildman–Crippen MR) is 96.0 cm³/mol. The number of rotatable bonds is 8. The van der Waals surface area contributed by atoms with Gasteiger partial charge in [-0.05, 0) is 42.7 Å². The molecule has 1 heterocycles. The highest BCUT2D eigenvalue weighted by atomic mass is 32.2. The van der Waals surface area contributed by atoms with Crippen LogP contribution in [0.4, 0.5) is 0 Å². The van der Waals surface area contributed by atoms with Crippen LogP contribution in [0.2, 0.25) is 0 Å². The highest BCUT2D eigenvalue weighted by Gasteiger charge is 2.18. The van der Waals surface area contributed by atoms with Crippen molar-refractivity contribution in [3.05, 3.63) is 59.4 Å². The van der Waals surface area contributed by atoms with Crippen molar-refractivity contribution in [2.24, 2.45) is 0 Å². The molecule has 2 rings (SSSR count). The van der Waals surface area contributed by atoms with Crippen LogP contribution in [0.1, 0.15) is 16.7 Å². The molecule has 0 bridgehead atoms. The van der Waals surface area contributed by atoms with Gasteiger partial charge in [0, 0.05) is 25.5 Å². The zero-order chi connectivity index (χ0) is 18.5. The Morgan fingerprint density at radius 1 is 1.04 bits per heavy atom. The van der Waals surface area contributed by atoms with Gasteiger partial charge in [-0.1, -0.05) is 18.2 Å². The number of aromatic nitrogens is 1. The van der Waals surface area contributed by atoms with Gasteiger partial charge in [-0.15, -0.1) is 0 Å². The molecular weight excluding hydrogens is 362 g/mol. The van der Waals surface area contributed by atoms with Crippen LogP contribution in [-0.2, 0) is 26.6 Å². The van der Waals surface area contributed by atoms with Crippen molar-refractivity contribution in [3.8, 4) is 0 Å². The van der Waals surface area contributed by atoms with Crippen LogP contribution < -0.4 is 9.44 Å². The van der Waals surface area contributed by atoms with Crippen LogP contribution in [0.5, 0.6) is 0 Å². The molecule has 0 aliphatic carbocycles. The smallest absolute Gasteiger partial charge is 0.240 e. The van der Waals surface area contributed by atoms with Crippen LogP contribution in [-0.4, -0.2) is 34.1 Å². The van der Waals surface area contributed by atoms with E-state index in [1.807, 2.05) is 6.07 Å². The summed E-state index contributed by atoms with van der Waals surface area (Å²) in [6.45, 7) is 3.39. The normalized spacial score (nSPS) is 12.2. The SMILES string of the molecule is Cc1ccc(C)c(S(=O)(=O)NCCS(=O)(=O)NCc2cccnc2)c1. The first kappa shape index (κ1) is 19.5. The van der Waals surface area contributed by atoms with Crippen molar-refractivity contribution < 1.29 is 16.8 Å². The summed E-state index contributed by atoms with van der Waals surface area (Å²) in [6, 6.07) is 8.56. The van der Waals surface area contributed by atoms with E-state index in [4.69, 9.17) is 0 Å². The van der Waals surface area contributed by atoms with Crippen LogP contribution >= 0.6 is 0 Å². The van der Waals surface area contributed by atoms with Crippen molar-refractivity contribution in [1.29, 1.82) is 0 Å². The number of hydrogen-bond donors (Lipinski definition) is 2. The van der Waals surface area contributed by atoms with Gasteiger partial charge in [0.25, 0.3) is 0 Å². The minimum Gasteiger partial charge on any atom is -0.264 e. The summed E-state index contributed by atoms with van der Waals surface area (Å²) in [4.78, 5) is 4.06. The summed E-state index contributed by atoms with van der Waals surface area (Å²) in [5.41, 5.74) is 2.15. The van der Waals surface area contributed by atoms with Crippen molar-refractivity contribution >= 4 is 20.0 Å². The van der Waals surface area contributed by atoms with E-state index >= 15 is 0 Å². The molecule has 9 heteroatoms. The van der Waals surface area contributed by atoms with E-state index in [2.05, 4.69) is 14.4 Å².